The summed E-state index contributed by atoms with van der Waals surface area (Å²) in [4.78, 5) is 6.57. The number of nitrogens with zero attached hydrogens (tertiary/aromatic N) is 5. The normalized spacial score (nSPS) is 18.8. The zero-order valence-corrected chi connectivity index (χ0v) is 15.6. The summed E-state index contributed by atoms with van der Waals surface area (Å²) in [6.45, 7) is 1.75. The summed E-state index contributed by atoms with van der Waals surface area (Å²) in [5, 5.41) is 21.5. The van der Waals surface area contributed by atoms with Crippen LogP contribution in [-0.2, 0) is 13.5 Å². The molecule has 1 fully saturated rings. The number of aromatic nitrogens is 4. The molecule has 0 radical (unpaired) electrons. The van der Waals surface area contributed by atoms with Crippen LogP contribution in [0.2, 0.25) is 0 Å². The summed E-state index contributed by atoms with van der Waals surface area (Å²) in [5.41, 5.74) is 1.25. The van der Waals surface area contributed by atoms with E-state index < -0.39 is 6.10 Å². The van der Waals surface area contributed by atoms with E-state index >= 15 is 0 Å². The summed E-state index contributed by atoms with van der Waals surface area (Å²) in [6.07, 6.45) is 5.92. The first-order valence-electron chi connectivity index (χ1n) is 8.97. The Bertz CT molecular complexity index is 847. The molecule has 26 heavy (non-hydrogen) atoms. The van der Waals surface area contributed by atoms with E-state index in [2.05, 4.69) is 32.2 Å². The first-order valence-corrected chi connectivity index (χ1v) is 9.79. The molecule has 1 aliphatic heterocycles. The molecule has 7 heteroatoms. The van der Waals surface area contributed by atoms with Crippen LogP contribution in [-0.4, -0.2) is 37.9 Å². The molecule has 3 heterocycles. The third-order valence-electron chi connectivity index (χ3n) is 4.95. The Morgan fingerprint density at radius 3 is 2.88 bits per heavy atom. The molecule has 0 bridgehead atoms. The fraction of sp³-hybridized carbons (Fsp3) is 0.421. The van der Waals surface area contributed by atoms with Crippen LogP contribution < -0.4 is 4.90 Å². The van der Waals surface area contributed by atoms with Crippen LogP contribution in [0.15, 0.2) is 42.7 Å². The summed E-state index contributed by atoms with van der Waals surface area (Å²) in [6, 6.07) is 10.3. The number of piperidine rings is 1. The predicted octanol–water partition coefficient (Wildman–Crippen LogP) is 2.81. The van der Waals surface area contributed by atoms with Gasteiger partial charge in [-0.1, -0.05) is 41.7 Å². The van der Waals surface area contributed by atoms with Gasteiger partial charge in [0.05, 0.1) is 0 Å². The molecule has 1 saturated heterocycles. The van der Waals surface area contributed by atoms with Crippen molar-refractivity contribution < 1.29 is 5.11 Å². The lowest BCUT2D eigenvalue weighted by Gasteiger charge is -2.34. The van der Waals surface area contributed by atoms with Gasteiger partial charge in [-0.2, -0.15) is 0 Å². The standard InChI is InChI=1S/C19H23N5OS/c1-23-11-9-20-18(23)17(25)15-8-5-10-24(13-15)19-22-21-16(26-19)12-14-6-3-2-4-7-14/h2-4,6-7,9,11,15,17,25H,5,8,10,12-13H2,1H3. The molecule has 2 aromatic heterocycles. The molecule has 1 aliphatic rings. The van der Waals surface area contributed by atoms with Crippen molar-refractivity contribution in [2.24, 2.45) is 13.0 Å². The van der Waals surface area contributed by atoms with Gasteiger partial charge in [-0.15, -0.1) is 10.2 Å². The van der Waals surface area contributed by atoms with Gasteiger partial charge in [0.15, 0.2) is 0 Å². The Morgan fingerprint density at radius 2 is 2.12 bits per heavy atom. The van der Waals surface area contributed by atoms with Crippen LogP contribution in [0, 0.1) is 5.92 Å². The van der Waals surface area contributed by atoms with Gasteiger partial charge >= 0.3 is 0 Å². The maximum Gasteiger partial charge on any atom is 0.208 e. The Morgan fingerprint density at radius 1 is 1.27 bits per heavy atom. The minimum absolute atomic E-state index is 0.159. The smallest absolute Gasteiger partial charge is 0.208 e. The van der Waals surface area contributed by atoms with Crippen molar-refractivity contribution in [3.63, 3.8) is 0 Å². The van der Waals surface area contributed by atoms with Crippen LogP contribution in [0.1, 0.15) is 35.3 Å². The van der Waals surface area contributed by atoms with Crippen molar-refractivity contribution in [3.8, 4) is 0 Å². The highest BCUT2D eigenvalue weighted by Crippen LogP contribution is 2.32. The lowest BCUT2D eigenvalue weighted by molar-refractivity contribution is 0.0875. The molecule has 2 atom stereocenters. The SMILES string of the molecule is Cn1ccnc1C(O)C1CCCN(c2nnc(Cc3ccccc3)s2)C1. The minimum Gasteiger partial charge on any atom is -0.385 e. The largest absolute Gasteiger partial charge is 0.385 e. The van der Waals surface area contributed by atoms with Gasteiger partial charge in [0, 0.05) is 44.9 Å². The zero-order valence-electron chi connectivity index (χ0n) is 14.8. The lowest BCUT2D eigenvalue weighted by atomic mass is 9.92. The van der Waals surface area contributed by atoms with Crippen LogP contribution in [0.4, 0.5) is 5.13 Å². The average Bonchev–Trinajstić information content (AvgIpc) is 3.31. The van der Waals surface area contributed by atoms with E-state index in [0.29, 0.717) is 0 Å². The summed E-state index contributed by atoms with van der Waals surface area (Å²) in [7, 11) is 1.92. The molecule has 4 rings (SSSR count). The summed E-state index contributed by atoms with van der Waals surface area (Å²) < 4.78 is 1.90. The molecule has 3 aromatic rings. The van der Waals surface area contributed by atoms with E-state index in [-0.39, 0.29) is 5.92 Å². The Kier molecular flexibility index (Phi) is 4.99. The Balaban J connectivity index is 1.44. The number of benzene rings is 1. The van der Waals surface area contributed by atoms with Gasteiger partial charge < -0.3 is 14.6 Å². The van der Waals surface area contributed by atoms with Crippen molar-refractivity contribution in [1.29, 1.82) is 0 Å². The molecular weight excluding hydrogens is 346 g/mol. The molecule has 136 valence electrons. The molecule has 1 aromatic carbocycles. The quantitative estimate of drug-likeness (QED) is 0.749. The molecule has 1 N–H and O–H groups in total. The lowest BCUT2D eigenvalue weighted by Crippen LogP contribution is -2.38. The monoisotopic (exact) mass is 369 g/mol. The van der Waals surface area contributed by atoms with E-state index in [4.69, 9.17) is 0 Å². The number of hydrogen-bond donors (Lipinski definition) is 1. The third kappa shape index (κ3) is 3.64. The van der Waals surface area contributed by atoms with Gasteiger partial charge in [0.1, 0.15) is 16.9 Å². The molecule has 2 unspecified atom stereocenters. The van der Waals surface area contributed by atoms with Crippen molar-refractivity contribution in [1.82, 2.24) is 19.7 Å². The molecule has 0 aliphatic carbocycles. The summed E-state index contributed by atoms with van der Waals surface area (Å²) in [5.74, 6) is 0.894. The molecule has 6 nitrogen and oxygen atoms in total. The summed E-state index contributed by atoms with van der Waals surface area (Å²) >= 11 is 1.65. The van der Waals surface area contributed by atoms with Crippen molar-refractivity contribution in [2.45, 2.75) is 25.4 Å². The number of hydrogen-bond acceptors (Lipinski definition) is 6. The number of rotatable bonds is 5. The van der Waals surface area contributed by atoms with E-state index in [1.54, 1.807) is 17.5 Å². The van der Waals surface area contributed by atoms with Crippen LogP contribution in [0.25, 0.3) is 0 Å². The number of aliphatic hydroxyl groups excluding tert-OH is 1. The first kappa shape index (κ1) is 17.2. The second-order valence-electron chi connectivity index (χ2n) is 6.83. The first-order chi connectivity index (χ1) is 12.7. The molecule has 0 amide bonds. The highest BCUT2D eigenvalue weighted by atomic mass is 32.1. The number of anilines is 1. The van der Waals surface area contributed by atoms with Crippen LogP contribution >= 0.6 is 11.3 Å². The fourth-order valence-corrected chi connectivity index (χ4v) is 4.44. The molecule has 0 spiro atoms. The van der Waals surface area contributed by atoms with Crippen LogP contribution in [0.5, 0.6) is 0 Å². The number of aliphatic hydroxyl groups is 1. The third-order valence-corrected chi connectivity index (χ3v) is 5.94. The number of aryl methyl sites for hydroxylation is 1. The second-order valence-corrected chi connectivity index (χ2v) is 7.87. The van der Waals surface area contributed by atoms with Gasteiger partial charge in [0.2, 0.25) is 5.13 Å². The van der Waals surface area contributed by atoms with Crippen molar-refractivity contribution in [3.05, 3.63) is 59.1 Å². The van der Waals surface area contributed by atoms with Gasteiger partial charge in [-0.3, -0.25) is 0 Å². The van der Waals surface area contributed by atoms with Crippen molar-refractivity contribution in [2.75, 3.05) is 18.0 Å². The highest BCUT2D eigenvalue weighted by Gasteiger charge is 2.30. The zero-order chi connectivity index (χ0) is 17.9. The minimum atomic E-state index is -0.547. The van der Waals surface area contributed by atoms with Crippen molar-refractivity contribution >= 4 is 16.5 Å². The Labute approximate surface area is 157 Å². The Hall–Kier alpha value is -2.25. The predicted molar refractivity (Wildman–Crippen MR) is 102 cm³/mol. The average molecular weight is 369 g/mol. The van der Waals surface area contributed by atoms with E-state index in [0.717, 1.165) is 48.3 Å². The van der Waals surface area contributed by atoms with Gasteiger partial charge in [-0.25, -0.2) is 4.98 Å². The number of imidazole rings is 1. The maximum atomic E-state index is 10.7. The highest BCUT2D eigenvalue weighted by molar-refractivity contribution is 7.15. The second kappa shape index (κ2) is 7.55. The molecular formula is C19H23N5OS. The van der Waals surface area contributed by atoms with E-state index in [1.165, 1.54) is 5.56 Å². The van der Waals surface area contributed by atoms with Crippen LogP contribution in [0.3, 0.4) is 0 Å². The fourth-order valence-electron chi connectivity index (χ4n) is 3.53. The topological polar surface area (TPSA) is 67.1 Å². The van der Waals surface area contributed by atoms with Gasteiger partial charge in [-0.05, 0) is 18.4 Å². The maximum absolute atomic E-state index is 10.7. The van der Waals surface area contributed by atoms with E-state index in [1.807, 2.05) is 36.0 Å². The van der Waals surface area contributed by atoms with Gasteiger partial charge in [0.25, 0.3) is 0 Å². The van der Waals surface area contributed by atoms with E-state index in [9.17, 15) is 5.11 Å². The molecule has 0 saturated carbocycles.